The third-order valence-electron chi connectivity index (χ3n) is 3.64. The minimum Gasteiger partial charge on any atom is -0.481 e. The number of aliphatic carboxylic acids is 1. The normalized spacial score (nSPS) is 32.1. The van der Waals surface area contributed by atoms with Crippen LogP contribution in [0.2, 0.25) is 0 Å². The molecule has 0 spiro atoms. The monoisotopic (exact) mass is 211 g/mol. The lowest BCUT2D eigenvalue weighted by Crippen LogP contribution is -2.29. The van der Waals surface area contributed by atoms with E-state index < -0.39 is 11.9 Å². The van der Waals surface area contributed by atoms with Crippen molar-refractivity contribution in [3.05, 3.63) is 0 Å². The third-order valence-corrected chi connectivity index (χ3v) is 3.64. The number of hydrogen-bond acceptors (Lipinski definition) is 2. The highest BCUT2D eigenvalue weighted by molar-refractivity contribution is 5.91. The summed E-state index contributed by atoms with van der Waals surface area (Å²) in [6, 6.07) is 0. The van der Waals surface area contributed by atoms with Gasteiger partial charge in [-0.1, -0.05) is 13.8 Å². The molecule has 4 heteroatoms. The molecule has 4 nitrogen and oxygen atoms in total. The minimum absolute atomic E-state index is 0.0840. The van der Waals surface area contributed by atoms with Gasteiger partial charge in [-0.25, -0.2) is 0 Å². The fraction of sp³-hybridized carbons (Fsp3) is 0.818. The van der Waals surface area contributed by atoms with Gasteiger partial charge in [0.25, 0.3) is 0 Å². The zero-order valence-corrected chi connectivity index (χ0v) is 9.12. The van der Waals surface area contributed by atoms with Crippen LogP contribution in [-0.2, 0) is 9.59 Å². The molecule has 2 N–H and O–H groups in total. The average Bonchev–Trinajstić information content (AvgIpc) is 2.97. The Hall–Kier alpha value is -1.06. The SMILES string of the molecule is CC1(C)[C@H](C(=O)O)[C@@H]1C(=O)NCC1CC1. The number of carbonyl (C=O) groups excluding carboxylic acids is 1. The molecule has 2 rings (SSSR count). The van der Waals surface area contributed by atoms with Gasteiger partial charge in [-0.05, 0) is 24.2 Å². The van der Waals surface area contributed by atoms with Crippen molar-refractivity contribution in [2.75, 3.05) is 6.54 Å². The van der Waals surface area contributed by atoms with Crippen molar-refractivity contribution in [1.29, 1.82) is 0 Å². The predicted molar refractivity (Wildman–Crippen MR) is 54.1 cm³/mol. The maximum absolute atomic E-state index is 11.7. The van der Waals surface area contributed by atoms with E-state index in [1.165, 1.54) is 12.8 Å². The predicted octanol–water partition coefficient (Wildman–Crippen LogP) is 0.869. The molecule has 0 aromatic rings. The molecule has 0 aromatic heterocycles. The van der Waals surface area contributed by atoms with Crippen LogP contribution in [0.25, 0.3) is 0 Å². The molecule has 15 heavy (non-hydrogen) atoms. The van der Waals surface area contributed by atoms with Crippen LogP contribution in [0.4, 0.5) is 0 Å². The number of carboxylic acids is 1. The number of carboxylic acid groups (broad SMARTS) is 1. The fourth-order valence-corrected chi connectivity index (χ4v) is 2.26. The summed E-state index contributed by atoms with van der Waals surface area (Å²) in [6.07, 6.45) is 2.38. The lowest BCUT2D eigenvalue weighted by Gasteiger charge is -2.04. The Morgan fingerprint density at radius 2 is 1.93 bits per heavy atom. The van der Waals surface area contributed by atoms with Crippen LogP contribution in [0.1, 0.15) is 26.7 Å². The molecule has 0 radical (unpaired) electrons. The second-order valence-corrected chi connectivity index (χ2v) is 5.30. The van der Waals surface area contributed by atoms with Crippen molar-refractivity contribution in [3.63, 3.8) is 0 Å². The maximum atomic E-state index is 11.7. The van der Waals surface area contributed by atoms with Crippen LogP contribution in [0.5, 0.6) is 0 Å². The molecule has 1 amide bonds. The van der Waals surface area contributed by atoms with Crippen molar-refractivity contribution in [2.45, 2.75) is 26.7 Å². The Labute approximate surface area is 89.0 Å². The van der Waals surface area contributed by atoms with Crippen molar-refractivity contribution < 1.29 is 14.7 Å². The van der Waals surface area contributed by atoms with Crippen molar-refractivity contribution in [1.82, 2.24) is 5.32 Å². The van der Waals surface area contributed by atoms with Gasteiger partial charge in [0.05, 0.1) is 11.8 Å². The van der Waals surface area contributed by atoms with Crippen LogP contribution in [0, 0.1) is 23.2 Å². The van der Waals surface area contributed by atoms with E-state index in [1.54, 1.807) is 0 Å². The van der Waals surface area contributed by atoms with Gasteiger partial charge in [-0.3, -0.25) is 9.59 Å². The molecule has 0 aromatic carbocycles. The number of carbonyl (C=O) groups is 2. The van der Waals surface area contributed by atoms with E-state index in [4.69, 9.17) is 5.11 Å². The van der Waals surface area contributed by atoms with Crippen molar-refractivity contribution in [3.8, 4) is 0 Å². The van der Waals surface area contributed by atoms with E-state index in [0.717, 1.165) is 6.54 Å². The highest BCUT2D eigenvalue weighted by Gasteiger charge is 2.65. The smallest absolute Gasteiger partial charge is 0.307 e. The topological polar surface area (TPSA) is 66.4 Å². The molecular weight excluding hydrogens is 194 g/mol. The first-order chi connectivity index (χ1) is 6.94. The van der Waals surface area contributed by atoms with Gasteiger partial charge in [0, 0.05) is 6.54 Å². The first-order valence-electron chi connectivity index (χ1n) is 5.45. The Bertz CT molecular complexity index is 307. The number of amides is 1. The Balaban J connectivity index is 1.87. The molecule has 2 aliphatic carbocycles. The third kappa shape index (κ3) is 1.85. The summed E-state index contributed by atoms with van der Waals surface area (Å²) >= 11 is 0. The Morgan fingerprint density at radius 3 is 2.33 bits per heavy atom. The molecular formula is C11H17NO3. The molecule has 0 unspecified atom stereocenters. The fourth-order valence-electron chi connectivity index (χ4n) is 2.26. The second kappa shape index (κ2) is 3.22. The van der Waals surface area contributed by atoms with Gasteiger partial charge >= 0.3 is 5.97 Å². The summed E-state index contributed by atoms with van der Waals surface area (Å²) in [5.41, 5.74) is -0.376. The van der Waals surface area contributed by atoms with Crippen molar-refractivity contribution >= 4 is 11.9 Å². The van der Waals surface area contributed by atoms with Gasteiger partial charge in [0.15, 0.2) is 0 Å². The Morgan fingerprint density at radius 1 is 1.33 bits per heavy atom. The van der Waals surface area contributed by atoms with E-state index in [9.17, 15) is 9.59 Å². The molecule has 2 saturated carbocycles. The highest BCUT2D eigenvalue weighted by Crippen LogP contribution is 2.58. The summed E-state index contributed by atoms with van der Waals surface area (Å²) in [4.78, 5) is 22.6. The summed E-state index contributed by atoms with van der Waals surface area (Å²) in [7, 11) is 0. The molecule has 2 fully saturated rings. The molecule has 2 atom stereocenters. The van der Waals surface area contributed by atoms with E-state index in [1.807, 2.05) is 13.8 Å². The molecule has 0 saturated heterocycles. The lowest BCUT2D eigenvalue weighted by atomic mass is 10.1. The summed E-state index contributed by atoms with van der Waals surface area (Å²) in [6.45, 7) is 4.40. The van der Waals surface area contributed by atoms with Gasteiger partial charge in [-0.15, -0.1) is 0 Å². The van der Waals surface area contributed by atoms with E-state index in [0.29, 0.717) is 5.92 Å². The summed E-state index contributed by atoms with van der Waals surface area (Å²) in [5, 5.41) is 11.8. The molecule has 2 aliphatic rings. The summed E-state index contributed by atoms with van der Waals surface area (Å²) < 4.78 is 0. The van der Waals surface area contributed by atoms with E-state index in [2.05, 4.69) is 5.32 Å². The van der Waals surface area contributed by atoms with Crippen LogP contribution < -0.4 is 5.32 Å². The molecule has 0 aliphatic heterocycles. The van der Waals surface area contributed by atoms with Crippen LogP contribution in [0.3, 0.4) is 0 Å². The zero-order valence-electron chi connectivity index (χ0n) is 9.12. The first kappa shape index (κ1) is 10.5. The van der Waals surface area contributed by atoms with Gasteiger partial charge in [0.2, 0.25) is 5.91 Å². The van der Waals surface area contributed by atoms with E-state index >= 15 is 0 Å². The lowest BCUT2D eigenvalue weighted by molar-refractivity contribution is -0.140. The number of rotatable bonds is 4. The van der Waals surface area contributed by atoms with Crippen molar-refractivity contribution in [2.24, 2.45) is 23.2 Å². The molecule has 84 valence electrons. The standard InChI is InChI=1S/C11H17NO3/c1-11(2)7(8(11)10(14)15)9(13)12-5-6-3-4-6/h6-8H,3-5H2,1-2H3,(H,12,13)(H,14,15)/t7-,8+/m1/s1. The van der Waals surface area contributed by atoms with Gasteiger partial charge in [-0.2, -0.15) is 0 Å². The quantitative estimate of drug-likeness (QED) is 0.725. The number of hydrogen-bond donors (Lipinski definition) is 2. The minimum atomic E-state index is -0.855. The maximum Gasteiger partial charge on any atom is 0.307 e. The van der Waals surface area contributed by atoms with E-state index in [-0.39, 0.29) is 17.2 Å². The zero-order chi connectivity index (χ0) is 11.2. The average molecular weight is 211 g/mol. The first-order valence-corrected chi connectivity index (χ1v) is 5.45. The molecule has 0 bridgehead atoms. The van der Waals surface area contributed by atoms with Crippen LogP contribution in [0.15, 0.2) is 0 Å². The number of nitrogens with one attached hydrogen (secondary N) is 1. The summed E-state index contributed by atoms with van der Waals surface area (Å²) in [5.74, 6) is -1.14. The second-order valence-electron chi connectivity index (χ2n) is 5.30. The van der Waals surface area contributed by atoms with Crippen LogP contribution >= 0.6 is 0 Å². The Kier molecular flexibility index (Phi) is 2.24. The largest absolute Gasteiger partial charge is 0.481 e. The van der Waals surface area contributed by atoms with Gasteiger partial charge in [0.1, 0.15) is 0 Å². The van der Waals surface area contributed by atoms with Gasteiger partial charge < -0.3 is 10.4 Å². The molecule has 0 heterocycles. The highest BCUT2D eigenvalue weighted by atomic mass is 16.4. The van der Waals surface area contributed by atoms with Crippen LogP contribution in [-0.4, -0.2) is 23.5 Å².